The molecule has 0 spiro atoms. The van der Waals surface area contributed by atoms with E-state index in [2.05, 4.69) is 14.9 Å². The topological polar surface area (TPSA) is 38.2 Å². The Hall–Kier alpha value is -0.710. The van der Waals surface area contributed by atoms with Gasteiger partial charge in [-0.05, 0) is 20.9 Å². The van der Waals surface area contributed by atoms with Crippen LogP contribution in [-0.2, 0) is 11.3 Å². The minimum atomic E-state index is 0.281. The summed E-state index contributed by atoms with van der Waals surface area (Å²) in [6.07, 6.45) is 3.54. The molecule has 0 radical (unpaired) electrons. The summed E-state index contributed by atoms with van der Waals surface area (Å²) in [5.74, 6) is 0. The number of aromatic nitrogens is 2. The quantitative estimate of drug-likeness (QED) is 0.766. The zero-order valence-corrected chi connectivity index (χ0v) is 10.7. The highest BCUT2D eigenvalue weighted by Gasteiger charge is 2.02. The highest BCUT2D eigenvalue weighted by Crippen LogP contribution is 2.03. The maximum absolute atomic E-state index is 5.66. The Morgan fingerprint density at radius 1 is 1.38 bits per heavy atom. The van der Waals surface area contributed by atoms with Gasteiger partial charge in [0.25, 0.3) is 0 Å². The number of hydrogen-bond acceptors (Lipinski definition) is 4. The van der Waals surface area contributed by atoms with Gasteiger partial charge in [-0.15, -0.1) is 0 Å². The van der Waals surface area contributed by atoms with E-state index in [0.717, 1.165) is 25.4 Å². The van der Waals surface area contributed by atoms with E-state index < -0.39 is 0 Å². The van der Waals surface area contributed by atoms with Crippen LogP contribution in [0.5, 0.6) is 0 Å². The highest BCUT2D eigenvalue weighted by atomic mass is 35.5. The van der Waals surface area contributed by atoms with Gasteiger partial charge in [-0.25, -0.2) is 4.98 Å². The number of ether oxygens (including phenoxy) is 1. The van der Waals surface area contributed by atoms with Crippen molar-refractivity contribution in [1.82, 2.24) is 14.9 Å². The zero-order valence-electron chi connectivity index (χ0n) is 9.98. The molecule has 0 bridgehead atoms. The Balaban J connectivity index is 2.28. The maximum atomic E-state index is 5.66. The fourth-order valence-electron chi connectivity index (χ4n) is 1.22. The molecule has 0 saturated carbocycles. The minimum absolute atomic E-state index is 0.281. The molecule has 0 amide bonds. The number of likely N-dealkylation sites (N-methyl/N-ethyl adjacent to an activating group) is 1. The van der Waals surface area contributed by atoms with Crippen molar-refractivity contribution >= 4 is 11.6 Å². The molecule has 1 aromatic rings. The van der Waals surface area contributed by atoms with Gasteiger partial charge in [-0.1, -0.05) is 11.6 Å². The number of halogens is 1. The molecule has 0 fully saturated rings. The van der Waals surface area contributed by atoms with Crippen LogP contribution in [0.1, 0.15) is 19.5 Å². The summed E-state index contributed by atoms with van der Waals surface area (Å²) in [6, 6.07) is 0. The molecule has 0 N–H and O–H groups in total. The number of hydrogen-bond donors (Lipinski definition) is 0. The Labute approximate surface area is 102 Å². The molecule has 0 aliphatic carbocycles. The van der Waals surface area contributed by atoms with Gasteiger partial charge in [-0.2, -0.15) is 0 Å². The zero-order chi connectivity index (χ0) is 12.0. The number of nitrogens with zero attached hydrogens (tertiary/aromatic N) is 3. The first-order chi connectivity index (χ1) is 7.58. The van der Waals surface area contributed by atoms with Crippen LogP contribution in [0.4, 0.5) is 0 Å². The van der Waals surface area contributed by atoms with Gasteiger partial charge in [0.15, 0.2) is 0 Å². The third-order valence-electron chi connectivity index (χ3n) is 2.03. The van der Waals surface area contributed by atoms with Gasteiger partial charge >= 0.3 is 0 Å². The standard InChI is InChI=1S/C11H18ClN3O/c1-9(2)16-5-4-15(3)8-10-6-14-11(12)7-13-10/h6-7,9H,4-5,8H2,1-3H3. The molecule has 0 unspecified atom stereocenters. The van der Waals surface area contributed by atoms with Crippen LogP contribution in [0.25, 0.3) is 0 Å². The van der Waals surface area contributed by atoms with Crippen molar-refractivity contribution in [2.24, 2.45) is 0 Å². The lowest BCUT2D eigenvalue weighted by molar-refractivity contribution is 0.0625. The smallest absolute Gasteiger partial charge is 0.147 e. The van der Waals surface area contributed by atoms with Crippen LogP contribution >= 0.6 is 11.6 Å². The fourth-order valence-corrected chi connectivity index (χ4v) is 1.32. The first-order valence-corrected chi connectivity index (χ1v) is 5.72. The van der Waals surface area contributed by atoms with Crippen LogP contribution in [0.3, 0.4) is 0 Å². The van der Waals surface area contributed by atoms with E-state index in [9.17, 15) is 0 Å². The van der Waals surface area contributed by atoms with Crippen LogP contribution < -0.4 is 0 Å². The molecule has 5 heteroatoms. The van der Waals surface area contributed by atoms with Gasteiger partial charge in [0, 0.05) is 13.1 Å². The van der Waals surface area contributed by atoms with Crippen molar-refractivity contribution < 1.29 is 4.74 Å². The van der Waals surface area contributed by atoms with Gasteiger partial charge in [0.2, 0.25) is 0 Å². The summed E-state index contributed by atoms with van der Waals surface area (Å²) >= 11 is 5.66. The lowest BCUT2D eigenvalue weighted by Crippen LogP contribution is -2.24. The summed E-state index contributed by atoms with van der Waals surface area (Å²) < 4.78 is 5.47. The van der Waals surface area contributed by atoms with E-state index in [-0.39, 0.29) is 6.10 Å². The number of rotatable bonds is 6. The SMILES string of the molecule is CC(C)OCCN(C)Cc1cnc(Cl)cn1. The van der Waals surface area contributed by atoms with E-state index >= 15 is 0 Å². The van der Waals surface area contributed by atoms with Crippen LogP contribution in [0.2, 0.25) is 5.15 Å². The fraction of sp³-hybridized carbons (Fsp3) is 0.636. The van der Waals surface area contributed by atoms with Crippen molar-refractivity contribution in [3.05, 3.63) is 23.2 Å². The Morgan fingerprint density at radius 2 is 2.12 bits per heavy atom. The molecule has 4 nitrogen and oxygen atoms in total. The lowest BCUT2D eigenvalue weighted by Gasteiger charge is -2.16. The van der Waals surface area contributed by atoms with Gasteiger partial charge < -0.3 is 4.74 Å². The van der Waals surface area contributed by atoms with Gasteiger partial charge in [0.1, 0.15) is 5.15 Å². The largest absolute Gasteiger partial charge is 0.377 e. The first-order valence-electron chi connectivity index (χ1n) is 5.34. The van der Waals surface area contributed by atoms with Crippen molar-refractivity contribution in [3.8, 4) is 0 Å². The summed E-state index contributed by atoms with van der Waals surface area (Å²) in [5.41, 5.74) is 0.913. The Kier molecular flexibility index (Phi) is 5.66. The first kappa shape index (κ1) is 13.4. The monoisotopic (exact) mass is 243 g/mol. The van der Waals surface area contributed by atoms with Crippen molar-refractivity contribution in [1.29, 1.82) is 0 Å². The maximum Gasteiger partial charge on any atom is 0.147 e. The van der Waals surface area contributed by atoms with E-state index in [1.807, 2.05) is 20.9 Å². The Morgan fingerprint density at radius 3 is 2.69 bits per heavy atom. The van der Waals surface area contributed by atoms with E-state index in [4.69, 9.17) is 16.3 Å². The predicted molar refractivity (Wildman–Crippen MR) is 64.5 cm³/mol. The second kappa shape index (κ2) is 6.78. The summed E-state index contributed by atoms with van der Waals surface area (Å²) in [5, 5.41) is 0.426. The summed E-state index contributed by atoms with van der Waals surface area (Å²) in [4.78, 5) is 10.3. The highest BCUT2D eigenvalue weighted by molar-refractivity contribution is 6.29. The van der Waals surface area contributed by atoms with Gasteiger partial charge in [-0.3, -0.25) is 9.88 Å². The molecule has 0 aliphatic heterocycles. The van der Waals surface area contributed by atoms with Gasteiger partial charge in [0.05, 0.1) is 30.8 Å². The van der Waals surface area contributed by atoms with E-state index in [1.54, 1.807) is 12.4 Å². The van der Waals surface area contributed by atoms with Crippen LogP contribution in [0.15, 0.2) is 12.4 Å². The molecule has 90 valence electrons. The third kappa shape index (κ3) is 5.39. The van der Waals surface area contributed by atoms with Crippen molar-refractivity contribution in [2.75, 3.05) is 20.2 Å². The summed E-state index contributed by atoms with van der Waals surface area (Å²) in [6.45, 7) is 6.43. The lowest BCUT2D eigenvalue weighted by atomic mass is 10.4. The third-order valence-corrected chi connectivity index (χ3v) is 2.23. The molecule has 0 aliphatic rings. The molecule has 0 aromatic carbocycles. The second-order valence-electron chi connectivity index (χ2n) is 3.99. The van der Waals surface area contributed by atoms with E-state index in [0.29, 0.717) is 5.15 Å². The second-order valence-corrected chi connectivity index (χ2v) is 4.38. The molecule has 16 heavy (non-hydrogen) atoms. The molecule has 0 saturated heterocycles. The van der Waals surface area contributed by atoms with Crippen molar-refractivity contribution in [3.63, 3.8) is 0 Å². The molecule has 1 aromatic heterocycles. The van der Waals surface area contributed by atoms with Crippen LogP contribution in [0, 0.1) is 0 Å². The average Bonchev–Trinajstić information content (AvgIpc) is 2.21. The average molecular weight is 244 g/mol. The molecular formula is C11H18ClN3O. The Bertz CT molecular complexity index is 303. The molecule has 1 heterocycles. The predicted octanol–water partition coefficient (Wildman–Crippen LogP) is 1.99. The van der Waals surface area contributed by atoms with E-state index in [1.165, 1.54) is 0 Å². The summed E-state index contributed by atoms with van der Waals surface area (Å²) in [7, 11) is 2.03. The van der Waals surface area contributed by atoms with Crippen molar-refractivity contribution in [2.45, 2.75) is 26.5 Å². The van der Waals surface area contributed by atoms with Crippen LogP contribution in [-0.4, -0.2) is 41.2 Å². The molecular weight excluding hydrogens is 226 g/mol. The normalized spacial score (nSPS) is 11.4. The molecule has 0 atom stereocenters. The molecule has 1 rings (SSSR count). The minimum Gasteiger partial charge on any atom is -0.377 e.